The van der Waals surface area contributed by atoms with Gasteiger partial charge in [-0.15, -0.1) is 0 Å². The summed E-state index contributed by atoms with van der Waals surface area (Å²) in [4.78, 5) is 4.30. The maximum Gasteiger partial charge on any atom is 0.239 e. The zero-order valence-corrected chi connectivity index (χ0v) is 12.5. The third-order valence-electron chi connectivity index (χ3n) is 2.60. The molecule has 0 unspecified atom stereocenters. The number of pyridine rings is 1. The molecule has 1 aromatic carbocycles. The molecule has 3 N–H and O–H groups in total. The molecule has 108 valence electrons. The first-order valence-corrected chi connectivity index (χ1v) is 6.77. The number of halogens is 1. The van der Waals surface area contributed by atoms with Crippen LogP contribution < -0.4 is 15.8 Å². The molecule has 0 aliphatic heterocycles. The molecule has 21 heavy (non-hydrogen) atoms. The van der Waals surface area contributed by atoms with Gasteiger partial charge in [-0.2, -0.15) is 10.2 Å². The molecule has 5 nitrogen and oxygen atoms in total. The van der Waals surface area contributed by atoms with Crippen molar-refractivity contribution in [3.63, 3.8) is 0 Å². The minimum absolute atomic E-state index is 0.0273. The summed E-state index contributed by atoms with van der Waals surface area (Å²) >= 11 is 6.10. The fourth-order valence-corrected chi connectivity index (χ4v) is 1.83. The van der Waals surface area contributed by atoms with Crippen molar-refractivity contribution < 1.29 is 4.74 Å². The molecule has 1 heterocycles. The van der Waals surface area contributed by atoms with Crippen LogP contribution in [0.4, 0.5) is 17.2 Å². The lowest BCUT2D eigenvalue weighted by Crippen LogP contribution is -2.09. The zero-order chi connectivity index (χ0) is 15.4. The number of hydrogen-bond donors (Lipinski definition) is 2. The molecule has 0 atom stereocenters. The van der Waals surface area contributed by atoms with E-state index in [0.29, 0.717) is 33.7 Å². The number of nitrogens with zero attached hydrogens (tertiary/aromatic N) is 2. The Morgan fingerprint density at radius 3 is 2.76 bits per heavy atom. The largest absolute Gasteiger partial charge is 0.473 e. The molecule has 0 aliphatic rings. The monoisotopic (exact) mass is 302 g/mol. The number of hydrogen-bond acceptors (Lipinski definition) is 5. The summed E-state index contributed by atoms with van der Waals surface area (Å²) < 4.78 is 5.54. The first-order chi connectivity index (χ1) is 9.99. The van der Waals surface area contributed by atoms with Gasteiger partial charge in [0.2, 0.25) is 5.88 Å². The van der Waals surface area contributed by atoms with Gasteiger partial charge in [0.05, 0.1) is 34.1 Å². The molecule has 6 heteroatoms. The molecule has 0 fully saturated rings. The second-order valence-electron chi connectivity index (χ2n) is 4.69. The Morgan fingerprint density at radius 2 is 2.10 bits per heavy atom. The topological polar surface area (TPSA) is 84.0 Å². The summed E-state index contributed by atoms with van der Waals surface area (Å²) in [5, 5.41) is 12.5. The molecule has 2 aromatic rings. The Morgan fingerprint density at radius 1 is 1.33 bits per heavy atom. The van der Waals surface area contributed by atoms with Gasteiger partial charge in [-0.3, -0.25) is 0 Å². The van der Waals surface area contributed by atoms with Crippen LogP contribution >= 0.6 is 11.6 Å². The quantitative estimate of drug-likeness (QED) is 0.899. The van der Waals surface area contributed by atoms with Crippen LogP contribution in [0.5, 0.6) is 5.88 Å². The van der Waals surface area contributed by atoms with Crippen LogP contribution in [0.3, 0.4) is 0 Å². The van der Waals surface area contributed by atoms with Gasteiger partial charge < -0.3 is 15.8 Å². The molecule has 0 radical (unpaired) electrons. The summed E-state index contributed by atoms with van der Waals surface area (Å²) in [6.07, 6.45) is -0.0273. The third kappa shape index (κ3) is 3.77. The SMILES string of the molecule is CC(C)Oc1nc(Nc2cc(C#N)ccc2Cl)ccc1N. The van der Waals surface area contributed by atoms with Crippen molar-refractivity contribution in [1.82, 2.24) is 4.98 Å². The summed E-state index contributed by atoms with van der Waals surface area (Å²) in [5.74, 6) is 0.902. The van der Waals surface area contributed by atoms with Crippen LogP contribution in [0.1, 0.15) is 19.4 Å². The molecule has 0 saturated carbocycles. The summed E-state index contributed by atoms with van der Waals surface area (Å²) in [6, 6.07) is 10.5. The van der Waals surface area contributed by atoms with E-state index >= 15 is 0 Å². The van der Waals surface area contributed by atoms with Crippen molar-refractivity contribution in [3.8, 4) is 11.9 Å². The lowest BCUT2D eigenvalue weighted by atomic mass is 10.2. The van der Waals surface area contributed by atoms with E-state index in [4.69, 9.17) is 27.3 Å². The van der Waals surface area contributed by atoms with Gasteiger partial charge in [-0.25, -0.2) is 0 Å². The van der Waals surface area contributed by atoms with Crippen molar-refractivity contribution >= 4 is 28.8 Å². The number of nitrogens with one attached hydrogen (secondary N) is 1. The number of nitrogen functional groups attached to an aromatic ring is 1. The van der Waals surface area contributed by atoms with Gasteiger partial charge in [0.25, 0.3) is 0 Å². The van der Waals surface area contributed by atoms with E-state index in [2.05, 4.69) is 16.4 Å². The highest BCUT2D eigenvalue weighted by molar-refractivity contribution is 6.33. The highest BCUT2D eigenvalue weighted by atomic mass is 35.5. The minimum Gasteiger partial charge on any atom is -0.473 e. The van der Waals surface area contributed by atoms with Crippen LogP contribution in [0.15, 0.2) is 30.3 Å². The Bertz CT molecular complexity index is 695. The van der Waals surface area contributed by atoms with Gasteiger partial charge in [-0.05, 0) is 44.2 Å². The Labute approximate surface area is 128 Å². The number of aromatic nitrogens is 1. The third-order valence-corrected chi connectivity index (χ3v) is 2.92. The van der Waals surface area contributed by atoms with Gasteiger partial charge in [-0.1, -0.05) is 11.6 Å². The number of anilines is 3. The molecule has 0 amide bonds. The molecular formula is C15H15ClN4O. The van der Waals surface area contributed by atoms with Crippen LogP contribution in [-0.2, 0) is 0 Å². The molecule has 0 bridgehead atoms. The molecular weight excluding hydrogens is 288 g/mol. The van der Waals surface area contributed by atoms with Crippen molar-refractivity contribution in [2.45, 2.75) is 20.0 Å². The average Bonchev–Trinajstić information content (AvgIpc) is 2.44. The van der Waals surface area contributed by atoms with Crippen molar-refractivity contribution in [2.24, 2.45) is 0 Å². The van der Waals surface area contributed by atoms with Crippen LogP contribution in [0, 0.1) is 11.3 Å². The predicted molar refractivity (Wildman–Crippen MR) is 83.9 cm³/mol. The van der Waals surface area contributed by atoms with Gasteiger partial charge >= 0.3 is 0 Å². The zero-order valence-electron chi connectivity index (χ0n) is 11.7. The number of nitriles is 1. The van der Waals surface area contributed by atoms with E-state index in [1.54, 1.807) is 30.3 Å². The number of ether oxygens (including phenoxy) is 1. The predicted octanol–water partition coefficient (Wildman–Crippen LogP) is 3.72. The van der Waals surface area contributed by atoms with E-state index in [9.17, 15) is 0 Å². The highest BCUT2D eigenvalue weighted by Crippen LogP contribution is 2.28. The lowest BCUT2D eigenvalue weighted by Gasteiger charge is -2.13. The molecule has 0 saturated heterocycles. The van der Waals surface area contributed by atoms with Gasteiger partial charge in [0.15, 0.2) is 0 Å². The molecule has 2 rings (SSSR count). The van der Waals surface area contributed by atoms with E-state index in [0.717, 1.165) is 0 Å². The normalized spacial score (nSPS) is 10.2. The first kappa shape index (κ1) is 14.9. The molecule has 1 aromatic heterocycles. The Hall–Kier alpha value is -2.45. The molecule has 0 spiro atoms. The van der Waals surface area contributed by atoms with E-state index < -0.39 is 0 Å². The highest BCUT2D eigenvalue weighted by Gasteiger charge is 2.08. The number of nitrogens with two attached hydrogens (primary N) is 1. The van der Waals surface area contributed by atoms with Gasteiger partial charge in [0, 0.05) is 0 Å². The minimum atomic E-state index is -0.0273. The van der Waals surface area contributed by atoms with Crippen molar-refractivity contribution in [1.29, 1.82) is 5.26 Å². The van der Waals surface area contributed by atoms with Crippen LogP contribution in [0.25, 0.3) is 0 Å². The van der Waals surface area contributed by atoms with Gasteiger partial charge in [0.1, 0.15) is 5.82 Å². The number of benzene rings is 1. The fraction of sp³-hybridized carbons (Fsp3) is 0.200. The van der Waals surface area contributed by atoms with E-state index in [1.807, 2.05) is 13.8 Å². The Kier molecular flexibility index (Phi) is 4.51. The fourth-order valence-electron chi connectivity index (χ4n) is 1.67. The first-order valence-electron chi connectivity index (χ1n) is 6.39. The molecule has 0 aliphatic carbocycles. The standard InChI is InChI=1S/C15H15ClN4O/c1-9(2)21-15-12(18)5-6-14(20-15)19-13-7-10(8-17)3-4-11(13)16/h3-7,9H,18H2,1-2H3,(H,19,20). The van der Waals surface area contributed by atoms with Crippen LogP contribution in [-0.4, -0.2) is 11.1 Å². The van der Waals surface area contributed by atoms with E-state index in [-0.39, 0.29) is 6.10 Å². The average molecular weight is 303 g/mol. The smallest absolute Gasteiger partial charge is 0.239 e. The lowest BCUT2D eigenvalue weighted by molar-refractivity contribution is 0.234. The summed E-state index contributed by atoms with van der Waals surface area (Å²) in [5.41, 5.74) is 7.40. The maximum atomic E-state index is 8.93. The second-order valence-corrected chi connectivity index (χ2v) is 5.10. The van der Waals surface area contributed by atoms with E-state index in [1.165, 1.54) is 0 Å². The van der Waals surface area contributed by atoms with Crippen molar-refractivity contribution in [3.05, 3.63) is 40.9 Å². The number of rotatable bonds is 4. The summed E-state index contributed by atoms with van der Waals surface area (Å²) in [6.45, 7) is 3.79. The maximum absolute atomic E-state index is 8.93. The van der Waals surface area contributed by atoms with Crippen molar-refractivity contribution in [2.75, 3.05) is 11.1 Å². The van der Waals surface area contributed by atoms with Crippen LogP contribution in [0.2, 0.25) is 5.02 Å². The second kappa shape index (κ2) is 6.33. The summed E-state index contributed by atoms with van der Waals surface area (Å²) in [7, 11) is 0. The Balaban J connectivity index is 2.30.